The minimum absolute atomic E-state index is 0.306. The van der Waals surface area contributed by atoms with Crippen molar-refractivity contribution in [3.8, 4) is 0 Å². The number of ether oxygens (including phenoxy) is 1. The summed E-state index contributed by atoms with van der Waals surface area (Å²) in [7, 11) is 3.18. The average molecular weight is 246 g/mol. The van der Waals surface area contributed by atoms with Gasteiger partial charge in [-0.1, -0.05) is 0 Å². The number of rotatable bonds is 5. The lowest BCUT2D eigenvalue weighted by Crippen LogP contribution is -2.53. The Labute approximate surface area is 102 Å². The maximum absolute atomic E-state index is 12.1. The molecule has 0 radical (unpaired) electrons. The predicted octanol–water partition coefficient (Wildman–Crippen LogP) is 0.870. The topological polar surface area (TPSA) is 70.1 Å². The Morgan fingerprint density at radius 1 is 1.29 bits per heavy atom. The van der Waals surface area contributed by atoms with Gasteiger partial charge in [0.1, 0.15) is 6.54 Å². The summed E-state index contributed by atoms with van der Waals surface area (Å²) in [6, 6.07) is -0.308. The number of carbonyl (C=O) groups is 2. The van der Waals surface area contributed by atoms with Gasteiger partial charge in [-0.15, -0.1) is 0 Å². The van der Waals surface area contributed by atoms with Gasteiger partial charge in [0, 0.05) is 26.2 Å². The normalized spacial score (nSPS) is 11.1. The standard InChI is InChI=1S/C11H22N2O4/c1-11(2,3)13(8-9(14)15)10(16)12(4)6-7-17-5/h6-8H2,1-5H3,(H,14,15). The summed E-state index contributed by atoms with van der Waals surface area (Å²) in [6.45, 7) is 5.96. The van der Waals surface area contributed by atoms with Crippen LogP contribution in [0, 0.1) is 0 Å². The molecule has 0 aromatic rings. The molecule has 0 saturated heterocycles. The highest BCUT2D eigenvalue weighted by atomic mass is 16.5. The Balaban J connectivity index is 4.69. The van der Waals surface area contributed by atoms with Crippen molar-refractivity contribution in [2.24, 2.45) is 0 Å². The summed E-state index contributed by atoms with van der Waals surface area (Å²) in [5.74, 6) is -1.02. The Hall–Kier alpha value is -1.30. The first-order valence-electron chi connectivity index (χ1n) is 5.43. The summed E-state index contributed by atoms with van der Waals surface area (Å²) < 4.78 is 4.88. The van der Waals surface area contributed by atoms with Crippen molar-refractivity contribution in [1.29, 1.82) is 0 Å². The van der Waals surface area contributed by atoms with E-state index in [2.05, 4.69) is 0 Å². The van der Waals surface area contributed by atoms with Crippen LogP contribution in [0.5, 0.6) is 0 Å². The molecule has 2 amide bonds. The number of nitrogens with zero attached hydrogens (tertiary/aromatic N) is 2. The Morgan fingerprint density at radius 3 is 2.18 bits per heavy atom. The highest BCUT2D eigenvalue weighted by Crippen LogP contribution is 2.14. The second-order valence-corrected chi connectivity index (χ2v) is 4.85. The molecule has 0 aliphatic heterocycles. The molecule has 0 spiro atoms. The SMILES string of the molecule is COCCN(C)C(=O)N(CC(=O)O)C(C)(C)C. The molecule has 0 saturated carbocycles. The molecular formula is C11H22N2O4. The number of amides is 2. The molecule has 0 aliphatic rings. The molecule has 0 heterocycles. The molecule has 0 aromatic heterocycles. The quantitative estimate of drug-likeness (QED) is 0.781. The van der Waals surface area contributed by atoms with E-state index in [0.29, 0.717) is 13.2 Å². The van der Waals surface area contributed by atoms with Gasteiger partial charge in [-0.05, 0) is 20.8 Å². The van der Waals surface area contributed by atoms with E-state index in [1.807, 2.05) is 0 Å². The number of carbonyl (C=O) groups excluding carboxylic acids is 1. The van der Waals surface area contributed by atoms with Crippen LogP contribution in [0.4, 0.5) is 4.79 Å². The van der Waals surface area contributed by atoms with Crippen molar-refractivity contribution < 1.29 is 19.4 Å². The zero-order chi connectivity index (χ0) is 13.6. The Morgan fingerprint density at radius 2 is 1.82 bits per heavy atom. The van der Waals surface area contributed by atoms with Crippen molar-refractivity contribution >= 4 is 12.0 Å². The first kappa shape index (κ1) is 15.7. The Bertz CT molecular complexity index is 273. The van der Waals surface area contributed by atoms with Crippen LogP contribution in [0.1, 0.15) is 20.8 Å². The second kappa shape index (κ2) is 6.44. The number of carboxylic acids is 1. The third kappa shape index (κ3) is 5.53. The smallest absolute Gasteiger partial charge is 0.323 e. The van der Waals surface area contributed by atoms with Crippen LogP contribution in [-0.4, -0.2) is 66.3 Å². The molecule has 6 heteroatoms. The number of methoxy groups -OCH3 is 1. The fourth-order valence-corrected chi connectivity index (χ4v) is 1.26. The van der Waals surface area contributed by atoms with Crippen LogP contribution in [0.3, 0.4) is 0 Å². The third-order valence-corrected chi connectivity index (χ3v) is 2.29. The van der Waals surface area contributed by atoms with E-state index in [1.54, 1.807) is 34.9 Å². The van der Waals surface area contributed by atoms with Crippen molar-refractivity contribution in [3.05, 3.63) is 0 Å². The predicted molar refractivity (Wildman–Crippen MR) is 64.0 cm³/mol. The van der Waals surface area contributed by atoms with Gasteiger partial charge >= 0.3 is 12.0 Å². The maximum Gasteiger partial charge on any atom is 0.323 e. The van der Waals surface area contributed by atoms with Crippen LogP contribution in [0.2, 0.25) is 0 Å². The van der Waals surface area contributed by atoms with E-state index in [0.717, 1.165) is 0 Å². The van der Waals surface area contributed by atoms with E-state index < -0.39 is 11.5 Å². The number of urea groups is 1. The van der Waals surface area contributed by atoms with Gasteiger partial charge in [-0.2, -0.15) is 0 Å². The van der Waals surface area contributed by atoms with E-state index in [9.17, 15) is 9.59 Å². The molecule has 6 nitrogen and oxygen atoms in total. The molecule has 0 bridgehead atoms. The lowest BCUT2D eigenvalue weighted by Gasteiger charge is -2.37. The molecule has 0 atom stereocenters. The highest BCUT2D eigenvalue weighted by molar-refractivity contribution is 5.80. The molecular weight excluding hydrogens is 224 g/mol. The van der Waals surface area contributed by atoms with Crippen LogP contribution < -0.4 is 0 Å². The number of aliphatic carboxylic acids is 1. The monoisotopic (exact) mass is 246 g/mol. The molecule has 0 unspecified atom stereocenters. The second-order valence-electron chi connectivity index (χ2n) is 4.85. The Kier molecular flexibility index (Phi) is 5.95. The van der Waals surface area contributed by atoms with Gasteiger partial charge in [-0.3, -0.25) is 4.79 Å². The van der Waals surface area contributed by atoms with Crippen molar-refractivity contribution in [2.75, 3.05) is 33.9 Å². The van der Waals surface area contributed by atoms with Crippen LogP contribution in [0.25, 0.3) is 0 Å². The molecule has 0 fully saturated rings. The molecule has 100 valence electrons. The largest absolute Gasteiger partial charge is 0.480 e. The number of likely N-dealkylation sites (N-methyl/N-ethyl adjacent to an activating group) is 1. The molecule has 0 rings (SSSR count). The molecule has 0 aliphatic carbocycles. The van der Waals surface area contributed by atoms with E-state index >= 15 is 0 Å². The minimum atomic E-state index is -1.02. The summed E-state index contributed by atoms with van der Waals surface area (Å²) in [5, 5.41) is 8.82. The van der Waals surface area contributed by atoms with E-state index in [1.165, 1.54) is 9.80 Å². The average Bonchev–Trinajstić information content (AvgIpc) is 2.19. The van der Waals surface area contributed by atoms with Crippen LogP contribution >= 0.6 is 0 Å². The van der Waals surface area contributed by atoms with Crippen molar-refractivity contribution in [1.82, 2.24) is 9.80 Å². The van der Waals surface area contributed by atoms with Gasteiger partial charge in [0.05, 0.1) is 6.61 Å². The van der Waals surface area contributed by atoms with E-state index in [-0.39, 0.29) is 12.6 Å². The zero-order valence-electron chi connectivity index (χ0n) is 11.2. The fraction of sp³-hybridized carbons (Fsp3) is 0.818. The van der Waals surface area contributed by atoms with Gasteiger partial charge in [0.25, 0.3) is 0 Å². The lowest BCUT2D eigenvalue weighted by atomic mass is 10.1. The van der Waals surface area contributed by atoms with Gasteiger partial charge in [0.2, 0.25) is 0 Å². The number of carboxylic acid groups (broad SMARTS) is 1. The lowest BCUT2D eigenvalue weighted by molar-refractivity contribution is -0.138. The molecule has 17 heavy (non-hydrogen) atoms. The maximum atomic E-state index is 12.1. The zero-order valence-corrected chi connectivity index (χ0v) is 11.2. The molecule has 1 N–H and O–H groups in total. The van der Waals surface area contributed by atoms with E-state index in [4.69, 9.17) is 9.84 Å². The third-order valence-electron chi connectivity index (χ3n) is 2.29. The summed E-state index contributed by atoms with van der Waals surface area (Å²) in [4.78, 5) is 25.6. The summed E-state index contributed by atoms with van der Waals surface area (Å²) in [5.41, 5.74) is -0.531. The van der Waals surface area contributed by atoms with Crippen LogP contribution in [0.15, 0.2) is 0 Å². The minimum Gasteiger partial charge on any atom is -0.480 e. The first-order chi connectivity index (χ1) is 7.70. The van der Waals surface area contributed by atoms with Crippen LogP contribution in [-0.2, 0) is 9.53 Å². The van der Waals surface area contributed by atoms with Crippen molar-refractivity contribution in [2.45, 2.75) is 26.3 Å². The van der Waals surface area contributed by atoms with Gasteiger partial charge in [-0.25, -0.2) is 4.79 Å². The fourth-order valence-electron chi connectivity index (χ4n) is 1.26. The highest BCUT2D eigenvalue weighted by Gasteiger charge is 2.30. The summed E-state index contributed by atoms with van der Waals surface area (Å²) >= 11 is 0. The number of hydrogen-bond acceptors (Lipinski definition) is 3. The molecule has 0 aromatic carbocycles. The van der Waals surface area contributed by atoms with Crippen molar-refractivity contribution in [3.63, 3.8) is 0 Å². The van der Waals surface area contributed by atoms with Gasteiger partial charge in [0.15, 0.2) is 0 Å². The first-order valence-corrected chi connectivity index (χ1v) is 5.43. The summed E-state index contributed by atoms with van der Waals surface area (Å²) in [6.07, 6.45) is 0. The van der Waals surface area contributed by atoms with Gasteiger partial charge < -0.3 is 19.6 Å². The number of hydrogen-bond donors (Lipinski definition) is 1.